The average molecular weight is 1920 g/mol. The van der Waals surface area contributed by atoms with Crippen LogP contribution in [0.2, 0.25) is 0 Å². The van der Waals surface area contributed by atoms with Crippen LogP contribution in [0.25, 0.3) is 45.0 Å². The fourth-order valence-electron chi connectivity index (χ4n) is 16.6. The van der Waals surface area contributed by atoms with Gasteiger partial charge in [0.15, 0.2) is 0 Å². The number of nitrogens with one attached hydrogen (secondary N) is 8. The second kappa shape index (κ2) is 49.0. The van der Waals surface area contributed by atoms with Gasteiger partial charge in [0.1, 0.15) is 6.61 Å². The second-order valence-electron chi connectivity index (χ2n) is 35.4. The van der Waals surface area contributed by atoms with E-state index in [0.29, 0.717) is 125 Å². The minimum atomic E-state index is -0.122. The molecule has 5 aliphatic heterocycles. The number of amides is 10. The van der Waals surface area contributed by atoms with Crippen molar-refractivity contribution in [3.05, 3.63) is 310 Å². The molecule has 0 saturated carbocycles. The summed E-state index contributed by atoms with van der Waals surface area (Å²) in [5.41, 5.74) is 18.0. The Morgan fingerprint density at radius 3 is 0.908 bits per heavy atom. The van der Waals surface area contributed by atoms with E-state index in [-0.39, 0.29) is 78.3 Å². The molecule has 5 aliphatic rings. The Hall–Kier alpha value is -15.7. The number of aryl methyl sites for hydroxylation is 4. The number of carbonyl (C=O) groups is 8. The molecule has 10 heterocycles. The highest BCUT2D eigenvalue weighted by molar-refractivity contribution is 7.12. The van der Waals surface area contributed by atoms with Crippen molar-refractivity contribution in [3.63, 3.8) is 0 Å². The maximum Gasteiger partial charge on any atom is 0.317 e. The summed E-state index contributed by atoms with van der Waals surface area (Å²) in [6.45, 7) is 15.6. The fourth-order valence-corrected chi connectivity index (χ4v) is 17.2. The number of ether oxygens (including phenoxy) is 2. The van der Waals surface area contributed by atoms with Gasteiger partial charge in [-0.2, -0.15) is 0 Å². The molecule has 0 radical (unpaired) electrons. The highest BCUT2D eigenvalue weighted by atomic mass is 32.1. The van der Waals surface area contributed by atoms with E-state index in [1.165, 1.54) is 45.6 Å². The lowest BCUT2D eigenvalue weighted by atomic mass is 10.0. The van der Waals surface area contributed by atoms with E-state index in [9.17, 15) is 38.4 Å². The van der Waals surface area contributed by atoms with Crippen LogP contribution in [0.5, 0.6) is 0 Å². The molecular weight excluding hydrogens is 1800 g/mol. The van der Waals surface area contributed by atoms with E-state index < -0.39 is 0 Å². The van der Waals surface area contributed by atoms with Gasteiger partial charge in [0.25, 0.3) is 29.5 Å². The normalized spacial score (nSPS) is 14.6. The van der Waals surface area contributed by atoms with Crippen LogP contribution in [0.15, 0.2) is 261 Å². The molecule has 726 valence electrons. The molecule has 0 aliphatic carbocycles. The number of benzene rings is 8. The number of methoxy groups -OCH3 is 1. The van der Waals surface area contributed by atoms with Crippen LogP contribution in [0, 0.1) is 27.7 Å². The lowest BCUT2D eigenvalue weighted by molar-refractivity contribution is -0.125. The number of urea groups is 2. The molecule has 13 aromatic rings. The second-order valence-corrected chi connectivity index (χ2v) is 36.4. The van der Waals surface area contributed by atoms with Crippen LogP contribution in [0.1, 0.15) is 125 Å². The Morgan fingerprint density at radius 2 is 0.631 bits per heavy atom. The molecule has 18 rings (SSSR count). The van der Waals surface area contributed by atoms with Crippen molar-refractivity contribution in [1.82, 2.24) is 90.5 Å². The number of hydrogen-bond donors (Lipinski definition) is 8. The number of morpholine rings is 1. The number of piperidine rings is 4. The number of nitrogens with zero attached hydrogens (tertiary/aromatic N) is 14. The van der Waals surface area contributed by atoms with Crippen molar-refractivity contribution in [3.8, 4) is 45.0 Å². The Labute approximate surface area is 825 Å². The van der Waals surface area contributed by atoms with Crippen LogP contribution in [0.3, 0.4) is 0 Å². The molecule has 8 aromatic carbocycles. The predicted molar refractivity (Wildman–Crippen MR) is 548 cm³/mol. The first kappa shape index (κ1) is 99.7. The molecule has 0 unspecified atom stereocenters. The summed E-state index contributed by atoms with van der Waals surface area (Å²) in [4.78, 5) is 147. The number of rotatable bonds is 23. The van der Waals surface area contributed by atoms with Crippen molar-refractivity contribution >= 4 is 105 Å². The number of aromatic nitrogens is 8. The lowest BCUT2D eigenvalue weighted by Crippen LogP contribution is -2.52. The monoisotopic (exact) mass is 1910 g/mol. The lowest BCUT2D eigenvalue weighted by Gasteiger charge is -2.34. The largest absolute Gasteiger partial charge is 0.378 e. The van der Waals surface area contributed by atoms with E-state index in [2.05, 4.69) is 159 Å². The van der Waals surface area contributed by atoms with Crippen molar-refractivity contribution in [1.29, 1.82) is 0 Å². The highest BCUT2D eigenvalue weighted by Gasteiger charge is 2.31. The maximum atomic E-state index is 13.0. The fraction of sp³-hybridized carbons (Fsp3) is 0.296. The van der Waals surface area contributed by atoms with Gasteiger partial charge >= 0.3 is 12.1 Å². The predicted octanol–water partition coefficient (Wildman–Crippen LogP) is 16.8. The van der Waals surface area contributed by atoms with Gasteiger partial charge in [0, 0.05) is 203 Å². The van der Waals surface area contributed by atoms with Crippen LogP contribution < -0.4 is 42.5 Å². The Bertz CT molecular complexity index is 6350. The van der Waals surface area contributed by atoms with E-state index in [1.807, 2.05) is 195 Å². The summed E-state index contributed by atoms with van der Waals surface area (Å²) in [7, 11) is 4.94. The van der Waals surface area contributed by atoms with Gasteiger partial charge in [-0.25, -0.2) is 49.5 Å². The molecule has 5 aromatic heterocycles. The zero-order valence-electron chi connectivity index (χ0n) is 80.2. The first-order chi connectivity index (χ1) is 68.5. The zero-order chi connectivity index (χ0) is 98.5. The van der Waals surface area contributed by atoms with Gasteiger partial charge < -0.3 is 81.4 Å². The third kappa shape index (κ3) is 28.7. The molecule has 0 atom stereocenters. The summed E-state index contributed by atoms with van der Waals surface area (Å²) in [5.74, 6) is 1.83. The van der Waals surface area contributed by atoms with Gasteiger partial charge in [-0.3, -0.25) is 28.8 Å². The number of anilines is 8. The molecule has 141 heavy (non-hydrogen) atoms. The van der Waals surface area contributed by atoms with Gasteiger partial charge in [-0.1, -0.05) is 125 Å². The number of carbonyl (C=O) groups excluding carboxylic acids is 8. The average Bonchev–Trinajstić information content (AvgIpc) is 1.23. The maximum absolute atomic E-state index is 13.0. The third-order valence-corrected chi connectivity index (χ3v) is 25.6. The quantitative estimate of drug-likeness (QED) is 0.0295. The van der Waals surface area contributed by atoms with E-state index in [0.717, 1.165) is 124 Å². The van der Waals surface area contributed by atoms with Crippen LogP contribution in [0.4, 0.5) is 56.1 Å². The number of thiophene rings is 1. The van der Waals surface area contributed by atoms with Crippen molar-refractivity contribution in [2.75, 3.05) is 128 Å². The van der Waals surface area contributed by atoms with Crippen molar-refractivity contribution < 1.29 is 47.8 Å². The van der Waals surface area contributed by atoms with Gasteiger partial charge in [-0.05, 0) is 212 Å². The summed E-state index contributed by atoms with van der Waals surface area (Å²) in [6.07, 6.45) is 12.9. The molecule has 5 saturated heterocycles. The minimum Gasteiger partial charge on any atom is -0.378 e. The van der Waals surface area contributed by atoms with Crippen LogP contribution >= 0.6 is 11.3 Å². The molecule has 8 N–H and O–H groups in total. The van der Waals surface area contributed by atoms with Gasteiger partial charge in [0.05, 0.1) is 40.9 Å². The highest BCUT2D eigenvalue weighted by Crippen LogP contribution is 2.30. The third-order valence-electron chi connectivity index (χ3n) is 24.8. The molecule has 0 spiro atoms. The molecule has 32 nitrogen and oxygen atoms in total. The van der Waals surface area contributed by atoms with E-state index >= 15 is 0 Å². The number of likely N-dealkylation sites (tertiary alicyclic amines) is 4. The Balaban J connectivity index is 0.000000142. The van der Waals surface area contributed by atoms with Crippen LogP contribution in [-0.4, -0.2) is 247 Å². The zero-order valence-corrected chi connectivity index (χ0v) is 81.1. The Morgan fingerprint density at radius 1 is 0.348 bits per heavy atom. The minimum absolute atomic E-state index is 0.00144. The van der Waals surface area contributed by atoms with Gasteiger partial charge in [0.2, 0.25) is 29.7 Å². The van der Waals surface area contributed by atoms with E-state index in [1.54, 1.807) is 55.9 Å². The molecule has 5 fully saturated rings. The smallest absolute Gasteiger partial charge is 0.317 e. The van der Waals surface area contributed by atoms with E-state index in [4.69, 9.17) is 9.47 Å². The topological polar surface area (TPSA) is 374 Å². The summed E-state index contributed by atoms with van der Waals surface area (Å²) >= 11 is 1.43. The first-order valence-corrected chi connectivity index (χ1v) is 48.4. The Kier molecular flexibility index (Phi) is 34.7. The standard InChI is InChI=1S/C28H32N6O3.C28H27N5O2S.C26H30N6O2.C26H29N5O3/c1-20-2-4-21(5-3-20)25-10-13-29-27(32-25)30-23-8-6-22(7-9-23)26(35)33-14-11-24(12-15-33)31-28(36)34-16-18-37-19-17-34;1-19-4-6-20(7-5-19)24-12-15-29-28(32-24)31-22-10-8-21(9-11-22)27(35)33-16-13-23(14-17-33)30-26(34)25-3-2-18-36-25;1-18-4-6-19(7-5-18)23-12-15-27-25(30-23)28-21-10-8-20(9-11-21)24(33)32-16-13-22(14-17-32)29-26(34)31(2)3;1-18-3-5-19(6-4-18)23-11-14-27-26(30-23)29-21-9-7-20(8-10-21)25(33)31-15-12-22(13-16-31)28-24(32)17-34-2/h2-10,13,24H,11-12,14-19H2,1H3,(H,31,36)(H,29,30,32);2-12,15,18,23H,13-14,16-17H2,1H3,(H,30,34)(H,29,31,32);4-12,15,22H,13-14,16-17H2,1-3H3,(H,29,34)(H,27,28,30);3-11,14,22H,12-13,15-17H2,1-2H3,(H,28,32)(H,27,29,30). The summed E-state index contributed by atoms with van der Waals surface area (Å²) < 4.78 is 10.2. The molecule has 33 heteroatoms. The first-order valence-electron chi connectivity index (χ1n) is 47.5. The van der Waals surface area contributed by atoms with Crippen LogP contribution in [-0.2, 0) is 14.3 Å². The molecular formula is C108H118N22O10S. The van der Waals surface area contributed by atoms with Crippen molar-refractivity contribution in [2.24, 2.45) is 0 Å². The van der Waals surface area contributed by atoms with Gasteiger partial charge in [-0.15, -0.1) is 11.3 Å². The summed E-state index contributed by atoms with van der Waals surface area (Å²) in [5, 5.41) is 26.9. The van der Waals surface area contributed by atoms with Crippen molar-refractivity contribution in [2.45, 2.75) is 103 Å². The molecule has 10 amide bonds. The molecule has 0 bridgehead atoms. The SMILES string of the molecule is COCC(=O)NC1CCN(C(=O)c2ccc(Nc3nccc(-c4ccc(C)cc4)n3)cc2)CC1.Cc1ccc(-c2ccnc(Nc3ccc(C(=O)N4CCC(NC(=O)N(C)C)CC4)cc3)n2)cc1.Cc1ccc(-c2ccnc(Nc3ccc(C(=O)N4CCC(NC(=O)N5CCOCC5)CC4)cc3)n2)cc1.Cc1ccc(-c2ccnc(Nc3ccc(C(=O)N4CCC(NC(=O)c5cccs5)CC4)cc3)n2)cc1. The summed E-state index contributed by atoms with van der Waals surface area (Å²) in [6, 6.07) is 73.7. The number of hydrogen-bond acceptors (Lipinski definition) is 23.